The Morgan fingerprint density at radius 3 is 2.47 bits per heavy atom. The standard InChI is InChI=1S/C27H36N6O/c1-6-31(7-2)23-10-13-25(20(3)18-23)29-26-14-15-28-27(30-26)32-16-17-33(21(4)19-32)22-8-11-24(34-5)12-9-22/h8-15,18,21H,6-7,16-17,19H2,1-5H3,(H,28,29,30). The van der Waals surface area contributed by atoms with Crippen LogP contribution in [0.4, 0.5) is 28.8 Å². The molecular formula is C27H36N6O. The largest absolute Gasteiger partial charge is 0.497 e. The highest BCUT2D eigenvalue weighted by Crippen LogP contribution is 2.27. The van der Waals surface area contributed by atoms with E-state index in [1.165, 1.54) is 16.9 Å². The second kappa shape index (κ2) is 10.6. The molecule has 0 bridgehead atoms. The summed E-state index contributed by atoms with van der Waals surface area (Å²) in [6, 6.07) is 17.1. The highest BCUT2D eigenvalue weighted by molar-refractivity contribution is 5.65. The van der Waals surface area contributed by atoms with E-state index in [4.69, 9.17) is 9.72 Å². The molecule has 1 unspecified atom stereocenters. The van der Waals surface area contributed by atoms with Crippen LogP contribution in [0.5, 0.6) is 5.75 Å². The van der Waals surface area contributed by atoms with Gasteiger partial charge in [0.1, 0.15) is 11.6 Å². The molecular weight excluding hydrogens is 424 g/mol. The predicted molar refractivity (Wildman–Crippen MR) is 142 cm³/mol. The second-order valence-corrected chi connectivity index (χ2v) is 8.72. The molecule has 1 aromatic heterocycles. The van der Waals surface area contributed by atoms with Crippen molar-refractivity contribution in [3.05, 3.63) is 60.3 Å². The average Bonchev–Trinajstić information content (AvgIpc) is 2.86. The third-order valence-corrected chi connectivity index (χ3v) is 6.56. The van der Waals surface area contributed by atoms with Gasteiger partial charge in [0, 0.05) is 62.0 Å². The van der Waals surface area contributed by atoms with E-state index in [2.05, 4.69) is 83.0 Å². The fourth-order valence-corrected chi connectivity index (χ4v) is 4.58. The van der Waals surface area contributed by atoms with Crippen LogP contribution in [0.2, 0.25) is 0 Å². The van der Waals surface area contributed by atoms with Gasteiger partial charge >= 0.3 is 0 Å². The molecule has 1 saturated heterocycles. The van der Waals surface area contributed by atoms with Crippen LogP contribution in [0.1, 0.15) is 26.3 Å². The Kier molecular flexibility index (Phi) is 7.40. The lowest BCUT2D eigenvalue weighted by molar-refractivity contribution is 0.414. The van der Waals surface area contributed by atoms with Crippen molar-refractivity contribution in [2.45, 2.75) is 33.7 Å². The van der Waals surface area contributed by atoms with Crippen LogP contribution in [0.25, 0.3) is 0 Å². The number of ether oxygens (including phenoxy) is 1. The first-order chi connectivity index (χ1) is 16.5. The molecule has 1 N–H and O–H groups in total. The summed E-state index contributed by atoms with van der Waals surface area (Å²) in [6.45, 7) is 13.4. The quantitative estimate of drug-likeness (QED) is 0.502. The maximum atomic E-state index is 5.29. The van der Waals surface area contributed by atoms with Crippen molar-refractivity contribution in [2.75, 3.05) is 59.9 Å². The van der Waals surface area contributed by atoms with E-state index in [-0.39, 0.29) is 0 Å². The Morgan fingerprint density at radius 2 is 1.82 bits per heavy atom. The smallest absolute Gasteiger partial charge is 0.227 e. The zero-order valence-corrected chi connectivity index (χ0v) is 21.0. The molecule has 34 heavy (non-hydrogen) atoms. The van der Waals surface area contributed by atoms with Gasteiger partial charge in [-0.1, -0.05) is 0 Å². The molecule has 4 rings (SSSR count). The number of benzene rings is 2. The van der Waals surface area contributed by atoms with Gasteiger partial charge < -0.3 is 24.8 Å². The molecule has 0 saturated carbocycles. The van der Waals surface area contributed by atoms with Gasteiger partial charge in [-0.25, -0.2) is 4.98 Å². The number of rotatable bonds is 8. The first-order valence-electron chi connectivity index (χ1n) is 12.1. The van der Waals surface area contributed by atoms with E-state index in [1.54, 1.807) is 7.11 Å². The summed E-state index contributed by atoms with van der Waals surface area (Å²) >= 11 is 0. The van der Waals surface area contributed by atoms with Crippen molar-refractivity contribution >= 4 is 28.8 Å². The summed E-state index contributed by atoms with van der Waals surface area (Å²) in [5.74, 6) is 2.46. The normalized spacial score (nSPS) is 15.9. The fourth-order valence-electron chi connectivity index (χ4n) is 4.58. The summed E-state index contributed by atoms with van der Waals surface area (Å²) in [5.41, 5.74) is 4.73. The van der Waals surface area contributed by atoms with E-state index < -0.39 is 0 Å². The summed E-state index contributed by atoms with van der Waals surface area (Å²) < 4.78 is 5.29. The Bertz CT molecular complexity index is 1080. The van der Waals surface area contributed by atoms with E-state index in [0.29, 0.717) is 6.04 Å². The third kappa shape index (κ3) is 5.19. The highest BCUT2D eigenvalue weighted by Gasteiger charge is 2.25. The number of anilines is 5. The van der Waals surface area contributed by atoms with Gasteiger partial charge in [0.15, 0.2) is 0 Å². The average molecular weight is 461 g/mol. The van der Waals surface area contributed by atoms with Gasteiger partial charge in [-0.15, -0.1) is 0 Å². The number of aryl methyl sites for hydroxylation is 1. The predicted octanol–water partition coefficient (Wildman–Crippen LogP) is 5.10. The lowest BCUT2D eigenvalue weighted by Gasteiger charge is -2.41. The van der Waals surface area contributed by atoms with Crippen LogP contribution in [0, 0.1) is 6.92 Å². The monoisotopic (exact) mass is 460 g/mol. The molecule has 0 spiro atoms. The summed E-state index contributed by atoms with van der Waals surface area (Å²) in [5, 5.41) is 3.49. The molecule has 1 atom stereocenters. The summed E-state index contributed by atoms with van der Waals surface area (Å²) in [6.07, 6.45) is 1.84. The zero-order valence-electron chi connectivity index (χ0n) is 21.0. The lowest BCUT2D eigenvalue weighted by atomic mass is 10.1. The van der Waals surface area contributed by atoms with E-state index in [1.807, 2.05) is 24.4 Å². The van der Waals surface area contributed by atoms with Crippen LogP contribution < -0.4 is 24.8 Å². The SMILES string of the molecule is CCN(CC)c1ccc(Nc2ccnc(N3CCN(c4ccc(OC)cc4)C(C)C3)n2)c(C)c1. The van der Waals surface area contributed by atoms with Crippen LogP contribution in [-0.2, 0) is 0 Å². The second-order valence-electron chi connectivity index (χ2n) is 8.72. The number of nitrogens with one attached hydrogen (secondary N) is 1. The minimum absolute atomic E-state index is 0.345. The van der Waals surface area contributed by atoms with Gasteiger partial charge in [-0.2, -0.15) is 4.98 Å². The van der Waals surface area contributed by atoms with E-state index in [0.717, 1.165) is 55.9 Å². The number of hydrogen-bond donors (Lipinski definition) is 1. The maximum Gasteiger partial charge on any atom is 0.227 e. The van der Waals surface area contributed by atoms with Gasteiger partial charge in [0.05, 0.1) is 7.11 Å². The highest BCUT2D eigenvalue weighted by atomic mass is 16.5. The fraction of sp³-hybridized carbons (Fsp3) is 0.407. The molecule has 0 amide bonds. The molecule has 2 aromatic carbocycles. The number of hydrogen-bond acceptors (Lipinski definition) is 7. The molecule has 1 aliphatic heterocycles. The maximum absolute atomic E-state index is 5.29. The Hall–Kier alpha value is -3.48. The first kappa shape index (κ1) is 23.7. The topological polar surface area (TPSA) is 56.8 Å². The van der Waals surface area contributed by atoms with Gasteiger partial charge in [-0.3, -0.25) is 0 Å². The van der Waals surface area contributed by atoms with Crippen LogP contribution in [-0.4, -0.2) is 55.8 Å². The molecule has 1 fully saturated rings. The molecule has 2 heterocycles. The van der Waals surface area contributed by atoms with Crippen molar-refractivity contribution in [3.8, 4) is 5.75 Å². The van der Waals surface area contributed by atoms with Crippen molar-refractivity contribution in [2.24, 2.45) is 0 Å². The first-order valence-corrected chi connectivity index (χ1v) is 12.1. The minimum Gasteiger partial charge on any atom is -0.497 e. The third-order valence-electron chi connectivity index (χ3n) is 6.56. The molecule has 3 aromatic rings. The summed E-state index contributed by atoms with van der Waals surface area (Å²) in [7, 11) is 1.70. The van der Waals surface area contributed by atoms with Crippen molar-refractivity contribution in [1.29, 1.82) is 0 Å². The van der Waals surface area contributed by atoms with Crippen molar-refractivity contribution < 1.29 is 4.74 Å². The Morgan fingerprint density at radius 1 is 1.06 bits per heavy atom. The van der Waals surface area contributed by atoms with Crippen molar-refractivity contribution in [1.82, 2.24) is 9.97 Å². The van der Waals surface area contributed by atoms with Crippen LogP contribution >= 0.6 is 0 Å². The van der Waals surface area contributed by atoms with Crippen molar-refractivity contribution in [3.63, 3.8) is 0 Å². The minimum atomic E-state index is 0.345. The molecule has 7 heteroatoms. The molecule has 0 aliphatic carbocycles. The molecule has 7 nitrogen and oxygen atoms in total. The number of nitrogens with zero attached hydrogens (tertiary/aromatic N) is 5. The van der Waals surface area contributed by atoms with Gasteiger partial charge in [-0.05, 0) is 81.8 Å². The Labute approximate surface area is 203 Å². The molecule has 180 valence electrons. The number of piperazine rings is 1. The number of aromatic nitrogens is 2. The van der Waals surface area contributed by atoms with Gasteiger partial charge in [0.25, 0.3) is 0 Å². The zero-order chi connectivity index (χ0) is 24.1. The number of methoxy groups -OCH3 is 1. The Balaban J connectivity index is 1.44. The van der Waals surface area contributed by atoms with E-state index in [9.17, 15) is 0 Å². The van der Waals surface area contributed by atoms with Gasteiger partial charge in [0.2, 0.25) is 5.95 Å². The lowest BCUT2D eigenvalue weighted by Crippen LogP contribution is -2.52. The van der Waals surface area contributed by atoms with Crippen LogP contribution in [0.15, 0.2) is 54.7 Å². The summed E-state index contributed by atoms with van der Waals surface area (Å²) in [4.78, 5) is 16.5. The molecule has 0 radical (unpaired) electrons. The van der Waals surface area contributed by atoms with Crippen LogP contribution in [0.3, 0.4) is 0 Å². The van der Waals surface area contributed by atoms with E-state index >= 15 is 0 Å². The molecule has 1 aliphatic rings.